The molecule has 1 rings (SSSR count). The van der Waals surface area contributed by atoms with Crippen molar-refractivity contribution in [2.75, 3.05) is 21.3 Å². The predicted octanol–water partition coefficient (Wildman–Crippen LogP) is 1.05. The summed E-state index contributed by atoms with van der Waals surface area (Å²) in [5.74, 6) is -1.37. The predicted molar refractivity (Wildman–Crippen MR) is 52.8 cm³/mol. The van der Waals surface area contributed by atoms with E-state index in [0.29, 0.717) is 0 Å². The van der Waals surface area contributed by atoms with Crippen LogP contribution in [0.4, 0.5) is 8.78 Å². The van der Waals surface area contributed by atoms with Crippen LogP contribution < -0.4 is 5.19 Å². The van der Waals surface area contributed by atoms with Gasteiger partial charge < -0.3 is 13.3 Å². The molecule has 0 aliphatic heterocycles. The number of halogens is 2. The topological polar surface area (TPSA) is 27.7 Å². The van der Waals surface area contributed by atoms with E-state index in [0.717, 1.165) is 18.2 Å². The summed E-state index contributed by atoms with van der Waals surface area (Å²) >= 11 is 0. The molecule has 0 N–H and O–H groups in total. The van der Waals surface area contributed by atoms with Crippen molar-refractivity contribution in [1.82, 2.24) is 0 Å². The fourth-order valence-corrected chi connectivity index (χ4v) is 3.17. The minimum absolute atomic E-state index is 0.257. The Morgan fingerprint density at radius 1 is 0.867 bits per heavy atom. The van der Waals surface area contributed by atoms with Gasteiger partial charge in [-0.25, -0.2) is 8.78 Å². The summed E-state index contributed by atoms with van der Waals surface area (Å²) in [7, 11) is 0.995. The SMILES string of the molecule is CO[Si](OC)(OC)c1cc(F)cc(F)c1. The van der Waals surface area contributed by atoms with Crippen LogP contribution in [0, 0.1) is 11.6 Å². The molecule has 0 bridgehead atoms. The zero-order chi connectivity index (χ0) is 11.5. The molecule has 1 aromatic carbocycles. The lowest BCUT2D eigenvalue weighted by Gasteiger charge is -2.24. The molecule has 0 fully saturated rings. The molecule has 0 aliphatic carbocycles. The molecule has 0 spiro atoms. The number of hydrogen-bond acceptors (Lipinski definition) is 3. The van der Waals surface area contributed by atoms with Crippen LogP contribution in [0.15, 0.2) is 18.2 Å². The Kier molecular flexibility index (Phi) is 3.92. The first-order valence-corrected chi connectivity index (χ1v) is 5.92. The van der Waals surface area contributed by atoms with Crippen molar-refractivity contribution in [2.45, 2.75) is 0 Å². The van der Waals surface area contributed by atoms with E-state index < -0.39 is 20.4 Å². The largest absolute Gasteiger partial charge is 0.536 e. The fourth-order valence-electron chi connectivity index (χ4n) is 1.33. The maximum absolute atomic E-state index is 13.0. The summed E-state index contributed by atoms with van der Waals surface area (Å²) < 4.78 is 41.2. The first kappa shape index (κ1) is 12.2. The first-order valence-electron chi connectivity index (χ1n) is 4.20. The van der Waals surface area contributed by atoms with E-state index in [1.807, 2.05) is 0 Å². The standard InChI is InChI=1S/C9H12F2O3Si/c1-12-15(13-2,14-3)9-5-7(10)4-8(11)6-9/h4-6H,1-3H3. The zero-order valence-corrected chi connectivity index (χ0v) is 9.71. The van der Waals surface area contributed by atoms with E-state index in [-0.39, 0.29) is 5.19 Å². The number of hydrogen-bond donors (Lipinski definition) is 0. The molecule has 84 valence electrons. The smallest absolute Gasteiger partial charge is 0.373 e. The van der Waals surface area contributed by atoms with Gasteiger partial charge in [-0.2, -0.15) is 0 Å². The average Bonchev–Trinajstić information content (AvgIpc) is 2.20. The molecule has 0 aliphatic rings. The third-order valence-corrected chi connectivity index (χ3v) is 4.63. The molecule has 0 aromatic heterocycles. The highest BCUT2D eigenvalue weighted by molar-refractivity contribution is 6.75. The molecule has 0 unspecified atom stereocenters. The summed E-state index contributed by atoms with van der Waals surface area (Å²) in [6.45, 7) is 0. The van der Waals surface area contributed by atoms with Gasteiger partial charge in [-0.1, -0.05) is 0 Å². The van der Waals surface area contributed by atoms with Crippen LogP contribution in [0.5, 0.6) is 0 Å². The lowest BCUT2D eigenvalue weighted by Crippen LogP contribution is -2.54. The molecule has 6 heteroatoms. The van der Waals surface area contributed by atoms with Crippen molar-refractivity contribution in [3.8, 4) is 0 Å². The van der Waals surface area contributed by atoms with Gasteiger partial charge in [-0.05, 0) is 12.1 Å². The number of benzene rings is 1. The molecule has 1 aromatic rings. The Morgan fingerprint density at radius 3 is 1.60 bits per heavy atom. The van der Waals surface area contributed by atoms with E-state index >= 15 is 0 Å². The van der Waals surface area contributed by atoms with Crippen molar-refractivity contribution in [3.63, 3.8) is 0 Å². The lowest BCUT2D eigenvalue weighted by molar-refractivity contribution is 0.140. The molecular weight excluding hydrogens is 222 g/mol. The average molecular weight is 234 g/mol. The van der Waals surface area contributed by atoms with E-state index in [9.17, 15) is 8.78 Å². The quantitative estimate of drug-likeness (QED) is 0.729. The van der Waals surface area contributed by atoms with Gasteiger partial charge in [-0.15, -0.1) is 0 Å². The maximum atomic E-state index is 13.0. The molecule has 3 nitrogen and oxygen atoms in total. The summed E-state index contributed by atoms with van der Waals surface area (Å²) in [6, 6.07) is 3.07. The van der Waals surface area contributed by atoms with Crippen molar-refractivity contribution >= 4 is 14.0 Å². The van der Waals surface area contributed by atoms with E-state index in [4.69, 9.17) is 13.3 Å². The molecular formula is C9H12F2O3Si. The van der Waals surface area contributed by atoms with Crippen molar-refractivity contribution in [3.05, 3.63) is 29.8 Å². The monoisotopic (exact) mass is 234 g/mol. The highest BCUT2D eigenvalue weighted by Crippen LogP contribution is 2.09. The third kappa shape index (κ3) is 2.40. The normalized spacial score (nSPS) is 11.8. The van der Waals surface area contributed by atoms with Crippen molar-refractivity contribution in [1.29, 1.82) is 0 Å². The Balaban J connectivity index is 3.22. The molecule has 0 saturated carbocycles. The van der Waals surface area contributed by atoms with Gasteiger partial charge in [-0.3, -0.25) is 0 Å². The van der Waals surface area contributed by atoms with Crippen LogP contribution in [0.25, 0.3) is 0 Å². The molecule has 0 heterocycles. The molecule has 0 saturated heterocycles. The van der Waals surface area contributed by atoms with Crippen LogP contribution in [-0.2, 0) is 13.3 Å². The Morgan fingerprint density at radius 2 is 1.27 bits per heavy atom. The second-order valence-electron chi connectivity index (χ2n) is 2.83. The summed E-state index contributed by atoms with van der Waals surface area (Å²) in [5, 5.41) is 0.257. The highest BCUT2D eigenvalue weighted by Gasteiger charge is 2.41. The molecule has 15 heavy (non-hydrogen) atoms. The van der Waals surface area contributed by atoms with Crippen molar-refractivity contribution in [2.24, 2.45) is 0 Å². The van der Waals surface area contributed by atoms with Crippen LogP contribution >= 0.6 is 0 Å². The maximum Gasteiger partial charge on any atom is 0.536 e. The fraction of sp³-hybridized carbons (Fsp3) is 0.333. The van der Waals surface area contributed by atoms with Crippen LogP contribution in [0.3, 0.4) is 0 Å². The van der Waals surface area contributed by atoms with Gasteiger partial charge in [0.1, 0.15) is 11.6 Å². The minimum Gasteiger partial charge on any atom is -0.373 e. The summed E-state index contributed by atoms with van der Waals surface area (Å²) in [5.41, 5.74) is 0. The van der Waals surface area contributed by atoms with Crippen LogP contribution in [0.1, 0.15) is 0 Å². The minimum atomic E-state index is -3.14. The van der Waals surface area contributed by atoms with E-state index in [2.05, 4.69) is 0 Å². The Hall–Kier alpha value is -0.823. The van der Waals surface area contributed by atoms with Gasteiger partial charge in [0.2, 0.25) is 0 Å². The second-order valence-corrected chi connectivity index (χ2v) is 5.74. The molecule has 0 amide bonds. The second kappa shape index (κ2) is 4.80. The molecule has 0 radical (unpaired) electrons. The highest BCUT2D eigenvalue weighted by atomic mass is 28.4. The zero-order valence-electron chi connectivity index (χ0n) is 8.71. The third-order valence-electron chi connectivity index (χ3n) is 2.02. The van der Waals surface area contributed by atoms with Gasteiger partial charge in [0.15, 0.2) is 0 Å². The Bertz CT molecular complexity index is 314. The van der Waals surface area contributed by atoms with Gasteiger partial charge >= 0.3 is 8.80 Å². The van der Waals surface area contributed by atoms with Crippen LogP contribution in [-0.4, -0.2) is 30.1 Å². The van der Waals surface area contributed by atoms with Crippen molar-refractivity contribution < 1.29 is 22.1 Å². The van der Waals surface area contributed by atoms with E-state index in [1.165, 1.54) is 21.3 Å². The summed E-state index contributed by atoms with van der Waals surface area (Å²) in [6.07, 6.45) is 0. The van der Waals surface area contributed by atoms with Gasteiger partial charge in [0.05, 0.1) is 0 Å². The Labute approximate surface area is 87.9 Å². The summed E-state index contributed by atoms with van der Waals surface area (Å²) in [4.78, 5) is 0. The molecule has 0 atom stereocenters. The first-order chi connectivity index (χ1) is 7.07. The van der Waals surface area contributed by atoms with Crippen LogP contribution in [0.2, 0.25) is 0 Å². The number of rotatable bonds is 4. The van der Waals surface area contributed by atoms with Gasteiger partial charge in [0.25, 0.3) is 0 Å². The van der Waals surface area contributed by atoms with E-state index in [1.54, 1.807) is 0 Å². The van der Waals surface area contributed by atoms with Gasteiger partial charge in [0, 0.05) is 32.6 Å². The lowest BCUT2D eigenvalue weighted by atomic mass is 10.3.